The third-order valence-electron chi connectivity index (χ3n) is 4.29. The second-order valence-corrected chi connectivity index (χ2v) is 6.31. The minimum Gasteiger partial charge on any atom is -0.493 e. The molecule has 3 rings (SSSR count). The summed E-state index contributed by atoms with van der Waals surface area (Å²) in [5.74, 6) is -0.994. The summed E-state index contributed by atoms with van der Waals surface area (Å²) in [6, 6.07) is 10.5. The normalized spacial score (nSPS) is 12.6. The van der Waals surface area contributed by atoms with Gasteiger partial charge in [-0.1, -0.05) is 18.2 Å². The molecule has 1 atom stereocenters. The van der Waals surface area contributed by atoms with Crippen LogP contribution in [0.4, 0.5) is 17.6 Å². The van der Waals surface area contributed by atoms with Crippen molar-refractivity contribution in [1.29, 1.82) is 0 Å². The van der Waals surface area contributed by atoms with E-state index in [2.05, 4.69) is 9.72 Å². The van der Waals surface area contributed by atoms with Crippen LogP contribution in [0.2, 0.25) is 0 Å². The third-order valence-corrected chi connectivity index (χ3v) is 4.29. The maximum atomic E-state index is 13.5. The summed E-state index contributed by atoms with van der Waals surface area (Å²) in [6.07, 6.45) is 1.39. The second kappa shape index (κ2) is 9.50. The first-order valence-corrected chi connectivity index (χ1v) is 9.06. The first kappa shape index (κ1) is 22.1. The largest absolute Gasteiger partial charge is 0.493 e. The average molecular weight is 438 g/mol. The molecule has 0 bridgehead atoms. The van der Waals surface area contributed by atoms with Crippen LogP contribution < -0.4 is 9.47 Å². The quantitative estimate of drug-likeness (QED) is 0.269. The zero-order valence-electron chi connectivity index (χ0n) is 16.5. The highest BCUT2D eigenvalue weighted by molar-refractivity contribution is 5.87. The average Bonchev–Trinajstić information content (AvgIpc) is 3.12. The highest BCUT2D eigenvalue weighted by Crippen LogP contribution is 2.30. The van der Waals surface area contributed by atoms with Gasteiger partial charge in [0, 0.05) is 6.08 Å². The number of alkyl halides is 4. The highest BCUT2D eigenvalue weighted by Gasteiger charge is 2.23. The van der Waals surface area contributed by atoms with Crippen LogP contribution in [0, 0.1) is 0 Å². The lowest BCUT2D eigenvalue weighted by molar-refractivity contribution is -0.143. The number of esters is 1. The molecule has 164 valence electrons. The number of hydrogen-bond donors (Lipinski definition) is 0. The number of halogens is 4. The maximum absolute atomic E-state index is 13.5. The molecule has 0 spiro atoms. The van der Waals surface area contributed by atoms with E-state index in [0.29, 0.717) is 15.6 Å². The Morgan fingerprint density at radius 1 is 1.10 bits per heavy atom. The Balaban J connectivity index is 1.74. The van der Waals surface area contributed by atoms with Crippen molar-refractivity contribution in [2.45, 2.75) is 26.2 Å². The lowest BCUT2D eigenvalue weighted by Gasteiger charge is -2.14. The summed E-state index contributed by atoms with van der Waals surface area (Å²) in [5, 5.41) is 0. The van der Waals surface area contributed by atoms with Gasteiger partial charge in [-0.05, 0) is 42.8 Å². The SMILES string of the molecule is COc1cc(/C=C/C(=O)OC(C)c2nc3ccccc3n2C(F)F)ccc1OC(F)F. The Morgan fingerprint density at radius 3 is 2.52 bits per heavy atom. The van der Waals surface area contributed by atoms with Crippen molar-refractivity contribution in [2.75, 3.05) is 7.11 Å². The molecule has 0 aliphatic carbocycles. The number of nitrogens with zero attached hydrogens (tertiary/aromatic N) is 2. The number of hydrogen-bond acceptors (Lipinski definition) is 5. The summed E-state index contributed by atoms with van der Waals surface area (Å²) in [7, 11) is 1.28. The van der Waals surface area contributed by atoms with Crippen LogP contribution in [0.15, 0.2) is 48.5 Å². The second-order valence-electron chi connectivity index (χ2n) is 6.31. The van der Waals surface area contributed by atoms with E-state index in [-0.39, 0.29) is 22.8 Å². The molecule has 31 heavy (non-hydrogen) atoms. The van der Waals surface area contributed by atoms with Gasteiger partial charge in [-0.2, -0.15) is 17.6 Å². The number of carbonyl (C=O) groups excluding carboxylic acids is 1. The van der Waals surface area contributed by atoms with Crippen LogP contribution in [-0.4, -0.2) is 29.2 Å². The maximum Gasteiger partial charge on any atom is 0.387 e. The van der Waals surface area contributed by atoms with Gasteiger partial charge in [0.25, 0.3) is 0 Å². The number of benzene rings is 2. The van der Waals surface area contributed by atoms with Crippen molar-refractivity contribution < 1.29 is 36.6 Å². The van der Waals surface area contributed by atoms with Crippen LogP contribution >= 0.6 is 0 Å². The van der Waals surface area contributed by atoms with Crippen molar-refractivity contribution in [2.24, 2.45) is 0 Å². The van der Waals surface area contributed by atoms with E-state index >= 15 is 0 Å². The minimum atomic E-state index is -3.01. The summed E-state index contributed by atoms with van der Waals surface area (Å²) in [4.78, 5) is 16.3. The van der Waals surface area contributed by atoms with E-state index < -0.39 is 25.2 Å². The fourth-order valence-corrected chi connectivity index (χ4v) is 2.97. The Hall–Kier alpha value is -3.56. The van der Waals surface area contributed by atoms with Gasteiger partial charge < -0.3 is 14.2 Å². The molecule has 10 heteroatoms. The van der Waals surface area contributed by atoms with Gasteiger partial charge >= 0.3 is 19.1 Å². The Kier molecular flexibility index (Phi) is 6.78. The standard InChI is InChI=1S/C21H18F4N2O4/c1-12(19-26-14-5-3-4-6-15(14)27(19)20(22)23)30-18(28)10-8-13-7-9-16(31-21(24)25)17(11-13)29-2/h3-12,20-21H,1-2H3/b10-8+. The molecule has 1 heterocycles. The van der Waals surface area contributed by atoms with Gasteiger partial charge in [0.05, 0.1) is 18.1 Å². The van der Waals surface area contributed by atoms with E-state index in [1.807, 2.05) is 0 Å². The van der Waals surface area contributed by atoms with Crippen molar-refractivity contribution in [3.63, 3.8) is 0 Å². The van der Waals surface area contributed by atoms with Crippen LogP contribution in [0.1, 0.15) is 31.0 Å². The lowest BCUT2D eigenvalue weighted by atomic mass is 10.2. The summed E-state index contributed by atoms with van der Waals surface area (Å²) in [6.45, 7) is -4.43. The lowest BCUT2D eigenvalue weighted by Crippen LogP contribution is -2.13. The van der Waals surface area contributed by atoms with Crippen molar-refractivity contribution in [3.8, 4) is 11.5 Å². The molecule has 0 N–H and O–H groups in total. The molecule has 0 fully saturated rings. The van der Waals surface area contributed by atoms with Gasteiger partial charge in [0.15, 0.2) is 23.4 Å². The van der Waals surface area contributed by atoms with Crippen LogP contribution in [0.5, 0.6) is 11.5 Å². The summed E-state index contributed by atoms with van der Waals surface area (Å²) in [5.41, 5.74) is 1.03. The molecule has 0 aliphatic rings. The van der Waals surface area contributed by atoms with Crippen molar-refractivity contribution >= 4 is 23.1 Å². The smallest absolute Gasteiger partial charge is 0.387 e. The van der Waals surface area contributed by atoms with Gasteiger partial charge in [0.1, 0.15) is 0 Å². The first-order valence-electron chi connectivity index (χ1n) is 9.06. The molecule has 0 saturated heterocycles. The fraction of sp³-hybridized carbons (Fsp3) is 0.238. The number of imidazole rings is 1. The molecule has 0 amide bonds. The summed E-state index contributed by atoms with van der Waals surface area (Å²) < 4.78 is 67.1. The topological polar surface area (TPSA) is 62.6 Å². The van der Waals surface area contributed by atoms with Gasteiger partial charge in [-0.15, -0.1) is 0 Å². The van der Waals surface area contributed by atoms with Crippen LogP contribution in [0.3, 0.4) is 0 Å². The van der Waals surface area contributed by atoms with E-state index in [1.54, 1.807) is 18.2 Å². The molecule has 0 saturated carbocycles. The predicted molar refractivity (Wildman–Crippen MR) is 104 cm³/mol. The van der Waals surface area contributed by atoms with E-state index in [0.717, 1.165) is 6.08 Å². The molecule has 2 aromatic carbocycles. The molecule has 1 unspecified atom stereocenters. The van der Waals surface area contributed by atoms with Crippen LogP contribution in [0.25, 0.3) is 17.1 Å². The molecule has 0 aliphatic heterocycles. The zero-order chi connectivity index (χ0) is 22.5. The van der Waals surface area contributed by atoms with Gasteiger partial charge in [-0.25, -0.2) is 9.78 Å². The third kappa shape index (κ3) is 5.14. The molecule has 0 radical (unpaired) electrons. The Bertz CT molecular complexity index is 1100. The van der Waals surface area contributed by atoms with Crippen molar-refractivity contribution in [3.05, 3.63) is 59.9 Å². The molecule has 1 aromatic heterocycles. The van der Waals surface area contributed by atoms with E-state index in [4.69, 9.17) is 9.47 Å². The zero-order valence-corrected chi connectivity index (χ0v) is 16.5. The van der Waals surface area contributed by atoms with E-state index in [1.165, 1.54) is 44.4 Å². The molecular formula is C21H18F4N2O4. The van der Waals surface area contributed by atoms with Crippen LogP contribution in [-0.2, 0) is 9.53 Å². The number of methoxy groups -OCH3 is 1. The Labute approximate surface area is 174 Å². The molecular weight excluding hydrogens is 420 g/mol. The number of carbonyl (C=O) groups is 1. The summed E-state index contributed by atoms with van der Waals surface area (Å²) >= 11 is 0. The number of fused-ring (bicyclic) bond motifs is 1. The monoisotopic (exact) mass is 438 g/mol. The fourth-order valence-electron chi connectivity index (χ4n) is 2.97. The number of para-hydroxylation sites is 2. The molecule has 6 nitrogen and oxygen atoms in total. The van der Waals surface area contributed by atoms with Gasteiger partial charge in [-0.3, -0.25) is 4.57 Å². The van der Waals surface area contributed by atoms with E-state index in [9.17, 15) is 22.4 Å². The number of rotatable bonds is 8. The van der Waals surface area contributed by atoms with Crippen molar-refractivity contribution in [1.82, 2.24) is 9.55 Å². The first-order chi connectivity index (χ1) is 14.8. The minimum absolute atomic E-state index is 0.0508. The Morgan fingerprint density at radius 2 is 1.84 bits per heavy atom. The number of ether oxygens (including phenoxy) is 3. The van der Waals surface area contributed by atoms with Gasteiger partial charge in [0.2, 0.25) is 0 Å². The highest BCUT2D eigenvalue weighted by atomic mass is 19.3. The predicted octanol–water partition coefficient (Wildman–Crippen LogP) is 5.36. The number of aromatic nitrogens is 2. The molecule has 3 aromatic rings.